The Labute approximate surface area is 144 Å². The second kappa shape index (κ2) is 9.07. The van der Waals surface area contributed by atoms with Gasteiger partial charge < -0.3 is 15.2 Å². The summed E-state index contributed by atoms with van der Waals surface area (Å²) in [5.41, 5.74) is 0.786. The van der Waals surface area contributed by atoms with E-state index in [1.165, 1.54) is 0 Å². The minimum Gasteiger partial charge on any atom is -0.493 e. The Bertz CT molecular complexity index is 660. The third kappa shape index (κ3) is 5.38. The van der Waals surface area contributed by atoms with E-state index in [4.69, 9.17) is 9.84 Å². The summed E-state index contributed by atoms with van der Waals surface area (Å²) in [5, 5.41) is 18.8. The molecule has 1 fully saturated rings. The summed E-state index contributed by atoms with van der Waals surface area (Å²) in [6.45, 7) is 2.73. The summed E-state index contributed by atoms with van der Waals surface area (Å²) >= 11 is 1.07. The molecule has 1 atom stereocenters. The van der Waals surface area contributed by atoms with Gasteiger partial charge in [0.15, 0.2) is 5.17 Å². The number of para-hydroxylation sites is 1. The molecule has 1 amide bonds. The van der Waals surface area contributed by atoms with Gasteiger partial charge in [-0.15, -0.1) is 5.10 Å². The first-order chi connectivity index (χ1) is 11.6. The minimum atomic E-state index is -1.02. The molecular formula is C16H19N3O4S. The van der Waals surface area contributed by atoms with E-state index in [1.54, 1.807) is 6.21 Å². The second-order valence-electron chi connectivity index (χ2n) is 5.08. The topological polar surface area (TPSA) is 100 Å². The van der Waals surface area contributed by atoms with Crippen molar-refractivity contribution in [3.63, 3.8) is 0 Å². The molecular weight excluding hydrogens is 330 g/mol. The number of ether oxygens (including phenoxy) is 1. The normalized spacial score (nSPS) is 19.0. The molecule has 0 radical (unpaired) electrons. The fourth-order valence-corrected chi connectivity index (χ4v) is 2.85. The quantitative estimate of drug-likeness (QED) is 0.426. The van der Waals surface area contributed by atoms with E-state index in [0.29, 0.717) is 11.8 Å². The fraction of sp³-hybridized carbons (Fsp3) is 0.375. The molecule has 0 aromatic heterocycles. The van der Waals surface area contributed by atoms with Gasteiger partial charge in [-0.25, -0.2) is 0 Å². The van der Waals surface area contributed by atoms with Crippen molar-refractivity contribution in [1.29, 1.82) is 0 Å². The van der Waals surface area contributed by atoms with Gasteiger partial charge in [0.1, 0.15) is 11.0 Å². The number of amides is 1. The Morgan fingerprint density at radius 3 is 3.00 bits per heavy atom. The highest BCUT2D eigenvalue weighted by atomic mass is 32.2. The van der Waals surface area contributed by atoms with Crippen LogP contribution in [0.4, 0.5) is 0 Å². The Hall–Kier alpha value is -2.35. The molecule has 24 heavy (non-hydrogen) atoms. The zero-order valence-electron chi connectivity index (χ0n) is 13.3. The number of benzene rings is 1. The van der Waals surface area contributed by atoms with Crippen molar-refractivity contribution in [3.8, 4) is 5.75 Å². The van der Waals surface area contributed by atoms with Crippen LogP contribution < -0.4 is 10.1 Å². The molecule has 0 spiro atoms. The van der Waals surface area contributed by atoms with Crippen LogP contribution in [0.2, 0.25) is 0 Å². The number of aliphatic carboxylic acids is 1. The van der Waals surface area contributed by atoms with Crippen molar-refractivity contribution >= 4 is 35.0 Å². The molecule has 7 nitrogen and oxygen atoms in total. The summed E-state index contributed by atoms with van der Waals surface area (Å²) in [6.07, 6.45) is 3.33. The molecule has 2 N–H and O–H groups in total. The number of nitrogens with one attached hydrogen (secondary N) is 1. The molecule has 1 heterocycles. The van der Waals surface area contributed by atoms with Crippen LogP contribution in [0, 0.1) is 0 Å². The molecule has 1 aliphatic rings. The molecule has 1 aromatic carbocycles. The average molecular weight is 349 g/mol. The maximum atomic E-state index is 11.6. The first-order valence-electron chi connectivity index (χ1n) is 7.62. The monoisotopic (exact) mass is 349 g/mol. The smallest absolute Gasteiger partial charge is 0.305 e. The summed E-state index contributed by atoms with van der Waals surface area (Å²) < 4.78 is 5.70. The molecule has 8 heteroatoms. The van der Waals surface area contributed by atoms with E-state index in [0.717, 1.165) is 35.9 Å². The lowest BCUT2D eigenvalue weighted by molar-refractivity contribution is -0.138. The molecule has 2 rings (SSSR count). The van der Waals surface area contributed by atoms with Crippen molar-refractivity contribution in [2.75, 3.05) is 6.61 Å². The van der Waals surface area contributed by atoms with Crippen molar-refractivity contribution < 1.29 is 19.4 Å². The van der Waals surface area contributed by atoms with Crippen molar-refractivity contribution in [2.24, 2.45) is 10.2 Å². The van der Waals surface area contributed by atoms with E-state index in [-0.39, 0.29) is 12.3 Å². The van der Waals surface area contributed by atoms with E-state index in [9.17, 15) is 9.59 Å². The molecule has 0 unspecified atom stereocenters. The van der Waals surface area contributed by atoms with Crippen LogP contribution in [-0.4, -0.2) is 40.2 Å². The maximum absolute atomic E-state index is 11.6. The SMILES string of the molecule is CCCCOc1ccccc1/C=N\N=C1\NC(=O)[C@H](CC(=O)O)S1. The van der Waals surface area contributed by atoms with Gasteiger partial charge in [-0.05, 0) is 18.6 Å². The van der Waals surface area contributed by atoms with Crippen LogP contribution in [0.1, 0.15) is 31.7 Å². The van der Waals surface area contributed by atoms with Crippen molar-refractivity contribution in [3.05, 3.63) is 29.8 Å². The van der Waals surface area contributed by atoms with Crippen LogP contribution >= 0.6 is 11.8 Å². The highest BCUT2D eigenvalue weighted by molar-refractivity contribution is 8.15. The largest absolute Gasteiger partial charge is 0.493 e. The van der Waals surface area contributed by atoms with E-state index < -0.39 is 11.2 Å². The average Bonchev–Trinajstić information content (AvgIpc) is 2.88. The second-order valence-corrected chi connectivity index (χ2v) is 6.27. The number of carboxylic acid groups (broad SMARTS) is 1. The zero-order chi connectivity index (χ0) is 17.4. The van der Waals surface area contributed by atoms with Gasteiger partial charge in [-0.2, -0.15) is 5.10 Å². The number of carbonyl (C=O) groups excluding carboxylic acids is 1. The summed E-state index contributed by atoms with van der Waals surface area (Å²) in [6, 6.07) is 7.47. The Morgan fingerprint density at radius 2 is 2.25 bits per heavy atom. The van der Waals surface area contributed by atoms with Crippen LogP contribution in [0.25, 0.3) is 0 Å². The molecule has 0 aliphatic carbocycles. The Kier molecular flexibility index (Phi) is 6.80. The number of hydrogen-bond acceptors (Lipinski definition) is 6. The van der Waals surface area contributed by atoms with Crippen LogP contribution in [0.3, 0.4) is 0 Å². The maximum Gasteiger partial charge on any atom is 0.305 e. The van der Waals surface area contributed by atoms with Crippen molar-refractivity contribution in [1.82, 2.24) is 5.32 Å². The lowest BCUT2D eigenvalue weighted by Crippen LogP contribution is -2.26. The van der Waals surface area contributed by atoms with Gasteiger partial charge in [0.25, 0.3) is 0 Å². The van der Waals surface area contributed by atoms with E-state index in [1.807, 2.05) is 24.3 Å². The number of rotatable bonds is 8. The highest BCUT2D eigenvalue weighted by Crippen LogP contribution is 2.22. The third-order valence-corrected chi connectivity index (χ3v) is 4.23. The van der Waals surface area contributed by atoms with Crippen molar-refractivity contribution in [2.45, 2.75) is 31.4 Å². The van der Waals surface area contributed by atoms with Crippen LogP contribution in [0.5, 0.6) is 5.75 Å². The standard InChI is InChI=1S/C16H19N3O4S/c1-2-3-8-23-12-7-5-4-6-11(12)10-17-19-16-18-15(22)13(24-16)9-14(20)21/h4-7,10,13H,2-3,8-9H2,1H3,(H,20,21)(H,18,19,22)/b17-10-/t13-/m0/s1. The van der Waals surface area contributed by atoms with Gasteiger partial charge in [0.05, 0.1) is 19.2 Å². The Morgan fingerprint density at radius 1 is 1.46 bits per heavy atom. The number of amidine groups is 1. The summed E-state index contributed by atoms with van der Waals surface area (Å²) in [7, 11) is 0. The van der Waals surface area contributed by atoms with Gasteiger partial charge in [-0.1, -0.05) is 37.2 Å². The first-order valence-corrected chi connectivity index (χ1v) is 8.50. The molecule has 128 valence electrons. The molecule has 1 aliphatic heterocycles. The molecule has 1 saturated heterocycles. The number of nitrogens with zero attached hydrogens (tertiary/aromatic N) is 2. The lowest BCUT2D eigenvalue weighted by Gasteiger charge is -2.07. The summed E-state index contributed by atoms with van der Waals surface area (Å²) in [4.78, 5) is 22.3. The third-order valence-electron chi connectivity index (χ3n) is 3.16. The number of carboxylic acids is 1. The van der Waals surface area contributed by atoms with Gasteiger partial charge in [0, 0.05) is 5.56 Å². The lowest BCUT2D eigenvalue weighted by atomic mass is 10.2. The predicted octanol–water partition coefficient (Wildman–Crippen LogP) is 2.26. The first kappa shape index (κ1) is 18.0. The van der Waals surface area contributed by atoms with Crippen LogP contribution in [-0.2, 0) is 9.59 Å². The number of unbranched alkanes of at least 4 members (excludes halogenated alkanes) is 1. The van der Waals surface area contributed by atoms with Crippen LogP contribution in [0.15, 0.2) is 34.5 Å². The molecule has 1 aromatic rings. The number of hydrogen-bond donors (Lipinski definition) is 2. The highest BCUT2D eigenvalue weighted by Gasteiger charge is 2.32. The van der Waals surface area contributed by atoms with E-state index in [2.05, 4.69) is 22.4 Å². The fourth-order valence-electron chi connectivity index (χ4n) is 1.93. The molecule has 0 bridgehead atoms. The molecule has 0 saturated carbocycles. The van der Waals surface area contributed by atoms with Gasteiger partial charge in [0.2, 0.25) is 5.91 Å². The van der Waals surface area contributed by atoms with E-state index >= 15 is 0 Å². The minimum absolute atomic E-state index is 0.243. The summed E-state index contributed by atoms with van der Waals surface area (Å²) in [5.74, 6) is -0.660. The zero-order valence-corrected chi connectivity index (χ0v) is 14.1. The van der Waals surface area contributed by atoms with Gasteiger partial charge >= 0.3 is 5.97 Å². The van der Waals surface area contributed by atoms with Gasteiger partial charge in [-0.3, -0.25) is 9.59 Å². The number of carbonyl (C=O) groups is 2. The predicted molar refractivity (Wildman–Crippen MR) is 93.6 cm³/mol. The number of thioether (sulfide) groups is 1. The Balaban J connectivity index is 1.99.